The molecule has 3 unspecified atom stereocenters. The summed E-state index contributed by atoms with van der Waals surface area (Å²) in [4.78, 5) is 10.9. The van der Waals surface area contributed by atoms with E-state index in [-0.39, 0.29) is 0 Å². The number of nitrogens with one attached hydrogen (secondary N) is 1. The number of hydrogen-bond donors (Lipinski definition) is 2. The Morgan fingerprint density at radius 3 is 2.83 bits per heavy atom. The Bertz CT molecular complexity index is 486. The number of fused-ring (bicyclic) bond motifs is 2. The van der Waals surface area contributed by atoms with Crippen molar-refractivity contribution in [2.45, 2.75) is 44.4 Å². The van der Waals surface area contributed by atoms with Gasteiger partial charge >= 0.3 is 5.97 Å². The summed E-state index contributed by atoms with van der Waals surface area (Å²) in [5, 5.41) is 12.4. The molecule has 96 valence electrons. The minimum absolute atomic E-state index is 0.327. The second-order valence-electron chi connectivity index (χ2n) is 5.20. The smallest absolute Gasteiger partial charge is 0.335 e. The first-order valence-electron chi connectivity index (χ1n) is 6.39. The van der Waals surface area contributed by atoms with Gasteiger partial charge in [-0.05, 0) is 49.9 Å². The standard InChI is InChI=1S/C14H17NO3/c1-8-6-9(14(16)17)2-4-11(8)15-12-7-10-3-5-13(12)18-10/h2,4,6,10,12-13,15H,3,5,7H2,1H3,(H,16,17). The molecule has 18 heavy (non-hydrogen) atoms. The lowest BCUT2D eigenvalue weighted by molar-refractivity contribution is 0.0696. The molecule has 2 aliphatic heterocycles. The third-order valence-electron chi connectivity index (χ3n) is 3.92. The topological polar surface area (TPSA) is 58.6 Å². The van der Waals surface area contributed by atoms with Crippen LogP contribution in [0, 0.1) is 6.92 Å². The van der Waals surface area contributed by atoms with Crippen molar-refractivity contribution in [3.05, 3.63) is 29.3 Å². The van der Waals surface area contributed by atoms with Crippen LogP contribution in [0.2, 0.25) is 0 Å². The van der Waals surface area contributed by atoms with Crippen LogP contribution < -0.4 is 5.32 Å². The van der Waals surface area contributed by atoms with Crippen LogP contribution in [0.5, 0.6) is 0 Å². The summed E-state index contributed by atoms with van der Waals surface area (Å²) in [5.41, 5.74) is 2.32. The van der Waals surface area contributed by atoms with Crippen molar-refractivity contribution in [2.24, 2.45) is 0 Å². The van der Waals surface area contributed by atoms with E-state index in [1.165, 1.54) is 6.42 Å². The molecule has 2 fully saturated rings. The number of ether oxygens (including phenoxy) is 1. The van der Waals surface area contributed by atoms with Crippen LogP contribution >= 0.6 is 0 Å². The number of hydrogen-bond acceptors (Lipinski definition) is 3. The van der Waals surface area contributed by atoms with Crippen molar-refractivity contribution in [2.75, 3.05) is 5.32 Å². The predicted octanol–water partition coefficient (Wildman–Crippen LogP) is 2.43. The van der Waals surface area contributed by atoms with Crippen LogP contribution in [0.3, 0.4) is 0 Å². The maximum absolute atomic E-state index is 10.9. The molecular formula is C14H17NO3. The molecule has 1 aromatic carbocycles. The molecule has 2 N–H and O–H groups in total. The molecule has 2 bridgehead atoms. The van der Waals surface area contributed by atoms with Crippen LogP contribution in [-0.4, -0.2) is 29.3 Å². The lowest BCUT2D eigenvalue weighted by Gasteiger charge is -2.22. The third-order valence-corrected chi connectivity index (χ3v) is 3.92. The average Bonchev–Trinajstić information content (AvgIpc) is 2.93. The molecule has 3 atom stereocenters. The molecule has 0 saturated carbocycles. The van der Waals surface area contributed by atoms with Crippen LogP contribution in [0.4, 0.5) is 5.69 Å². The second-order valence-corrected chi connectivity index (χ2v) is 5.20. The monoisotopic (exact) mass is 247 g/mol. The highest BCUT2D eigenvalue weighted by Crippen LogP contribution is 2.36. The van der Waals surface area contributed by atoms with E-state index < -0.39 is 5.97 Å². The number of aryl methyl sites for hydroxylation is 1. The minimum Gasteiger partial charge on any atom is -0.478 e. The summed E-state index contributed by atoms with van der Waals surface area (Å²) >= 11 is 0. The lowest BCUT2D eigenvalue weighted by atomic mass is 9.95. The van der Waals surface area contributed by atoms with Gasteiger partial charge in [-0.3, -0.25) is 0 Å². The summed E-state index contributed by atoms with van der Waals surface area (Å²) in [6.07, 6.45) is 4.12. The maximum Gasteiger partial charge on any atom is 0.335 e. The summed E-state index contributed by atoms with van der Waals surface area (Å²) < 4.78 is 5.80. The molecule has 4 nitrogen and oxygen atoms in total. The molecule has 0 aromatic heterocycles. The first-order valence-corrected chi connectivity index (χ1v) is 6.39. The molecule has 1 aromatic rings. The molecule has 2 saturated heterocycles. The Morgan fingerprint density at radius 2 is 2.28 bits per heavy atom. The molecule has 3 rings (SSSR count). The maximum atomic E-state index is 10.9. The summed E-state index contributed by atoms with van der Waals surface area (Å²) in [6, 6.07) is 5.58. The number of aromatic carboxylic acids is 1. The van der Waals surface area contributed by atoms with Gasteiger partial charge in [0.2, 0.25) is 0 Å². The van der Waals surface area contributed by atoms with Gasteiger partial charge in [-0.15, -0.1) is 0 Å². The first kappa shape index (κ1) is 11.5. The van der Waals surface area contributed by atoms with E-state index in [0.29, 0.717) is 23.8 Å². The highest BCUT2D eigenvalue weighted by Gasteiger charge is 2.40. The number of rotatable bonds is 3. The molecule has 2 aliphatic rings. The molecule has 4 heteroatoms. The van der Waals surface area contributed by atoms with Gasteiger partial charge in [0.25, 0.3) is 0 Å². The zero-order valence-electron chi connectivity index (χ0n) is 10.3. The Morgan fingerprint density at radius 1 is 1.44 bits per heavy atom. The molecule has 0 spiro atoms. The van der Waals surface area contributed by atoms with E-state index in [0.717, 1.165) is 24.1 Å². The van der Waals surface area contributed by atoms with Gasteiger partial charge in [-0.25, -0.2) is 4.79 Å². The SMILES string of the molecule is Cc1cc(C(=O)O)ccc1NC1CC2CCC1O2. The van der Waals surface area contributed by atoms with Crippen LogP contribution in [0.1, 0.15) is 35.2 Å². The number of carboxylic acid groups (broad SMARTS) is 1. The Hall–Kier alpha value is -1.55. The fourth-order valence-corrected chi connectivity index (χ4v) is 2.95. The van der Waals surface area contributed by atoms with E-state index in [4.69, 9.17) is 9.84 Å². The molecule has 2 heterocycles. The van der Waals surface area contributed by atoms with Gasteiger partial charge in [0.1, 0.15) is 0 Å². The van der Waals surface area contributed by atoms with Crippen LogP contribution in [0.25, 0.3) is 0 Å². The van der Waals surface area contributed by atoms with Gasteiger partial charge in [-0.1, -0.05) is 0 Å². The van der Waals surface area contributed by atoms with Gasteiger partial charge in [0.05, 0.1) is 23.8 Å². The number of carbonyl (C=O) groups is 1. The van der Waals surface area contributed by atoms with Crippen LogP contribution in [0.15, 0.2) is 18.2 Å². The average molecular weight is 247 g/mol. The third kappa shape index (κ3) is 1.97. The Kier molecular flexibility index (Phi) is 2.74. The molecule has 0 radical (unpaired) electrons. The highest BCUT2D eigenvalue weighted by molar-refractivity contribution is 5.88. The number of benzene rings is 1. The van der Waals surface area contributed by atoms with Crippen molar-refractivity contribution >= 4 is 11.7 Å². The molecule has 0 amide bonds. The first-order chi connectivity index (χ1) is 8.63. The highest BCUT2D eigenvalue weighted by atomic mass is 16.5. The Labute approximate surface area is 106 Å². The van der Waals surface area contributed by atoms with Crippen LogP contribution in [-0.2, 0) is 4.74 Å². The van der Waals surface area contributed by atoms with Gasteiger partial charge in [0.15, 0.2) is 0 Å². The van der Waals surface area contributed by atoms with Gasteiger partial charge < -0.3 is 15.2 Å². The van der Waals surface area contributed by atoms with Crippen molar-refractivity contribution in [1.82, 2.24) is 0 Å². The van der Waals surface area contributed by atoms with Crippen molar-refractivity contribution in [3.8, 4) is 0 Å². The van der Waals surface area contributed by atoms with E-state index >= 15 is 0 Å². The van der Waals surface area contributed by atoms with E-state index in [9.17, 15) is 4.79 Å². The summed E-state index contributed by atoms with van der Waals surface area (Å²) in [6.45, 7) is 1.93. The zero-order valence-corrected chi connectivity index (χ0v) is 10.3. The van der Waals surface area contributed by atoms with E-state index in [1.54, 1.807) is 12.1 Å². The number of anilines is 1. The fourth-order valence-electron chi connectivity index (χ4n) is 2.95. The largest absolute Gasteiger partial charge is 0.478 e. The normalized spacial score (nSPS) is 29.5. The second kappa shape index (κ2) is 4.28. The van der Waals surface area contributed by atoms with Gasteiger partial charge in [-0.2, -0.15) is 0 Å². The number of carboxylic acids is 1. The van der Waals surface area contributed by atoms with E-state index in [2.05, 4.69) is 5.32 Å². The Balaban J connectivity index is 1.75. The minimum atomic E-state index is -0.882. The zero-order chi connectivity index (χ0) is 12.7. The van der Waals surface area contributed by atoms with Crippen molar-refractivity contribution in [1.29, 1.82) is 0 Å². The predicted molar refractivity (Wildman–Crippen MR) is 68.1 cm³/mol. The van der Waals surface area contributed by atoms with Crippen molar-refractivity contribution < 1.29 is 14.6 Å². The molecule has 0 aliphatic carbocycles. The van der Waals surface area contributed by atoms with Gasteiger partial charge in [0, 0.05) is 5.69 Å². The summed E-state index contributed by atoms with van der Waals surface area (Å²) in [5.74, 6) is -0.882. The quantitative estimate of drug-likeness (QED) is 0.861. The summed E-state index contributed by atoms with van der Waals surface area (Å²) in [7, 11) is 0. The molecular weight excluding hydrogens is 230 g/mol. The van der Waals surface area contributed by atoms with Crippen molar-refractivity contribution in [3.63, 3.8) is 0 Å². The lowest BCUT2D eigenvalue weighted by Crippen LogP contribution is -2.30. The fraction of sp³-hybridized carbons (Fsp3) is 0.500. The van der Waals surface area contributed by atoms with E-state index in [1.807, 2.05) is 13.0 Å².